The molecule has 6 nitrogen and oxygen atoms in total. The van der Waals surface area contributed by atoms with Gasteiger partial charge in [-0.2, -0.15) is 0 Å². The van der Waals surface area contributed by atoms with E-state index in [-0.39, 0.29) is 18.1 Å². The summed E-state index contributed by atoms with van der Waals surface area (Å²) in [5.74, 6) is 0.947. The van der Waals surface area contributed by atoms with Gasteiger partial charge in [0.2, 0.25) is 0 Å². The second kappa shape index (κ2) is 11.7. The molecule has 28 heavy (non-hydrogen) atoms. The molecule has 0 aliphatic carbocycles. The van der Waals surface area contributed by atoms with Crippen molar-refractivity contribution in [3.05, 3.63) is 42.5 Å². The third-order valence-corrected chi connectivity index (χ3v) is 6.49. The SMILES string of the molecule is C=C[C@@H](C)[C@@H]1C[C@@H](CCCCCOCc2ccc(OC)cc2)OP(=O)(OC)O1. The van der Waals surface area contributed by atoms with Gasteiger partial charge in [0.05, 0.1) is 25.9 Å². The summed E-state index contributed by atoms with van der Waals surface area (Å²) >= 11 is 0. The van der Waals surface area contributed by atoms with Crippen LogP contribution < -0.4 is 4.74 Å². The zero-order valence-corrected chi connectivity index (χ0v) is 18.1. The zero-order chi connectivity index (χ0) is 20.4. The summed E-state index contributed by atoms with van der Waals surface area (Å²) in [6, 6.07) is 7.89. The van der Waals surface area contributed by atoms with Gasteiger partial charge in [-0.15, -0.1) is 6.58 Å². The zero-order valence-electron chi connectivity index (χ0n) is 17.2. The van der Waals surface area contributed by atoms with Gasteiger partial charge in [-0.3, -0.25) is 13.6 Å². The molecule has 0 radical (unpaired) electrons. The summed E-state index contributed by atoms with van der Waals surface area (Å²) in [7, 11) is -0.443. The Bertz CT molecular complexity index is 632. The maximum atomic E-state index is 12.5. The lowest BCUT2D eigenvalue weighted by Gasteiger charge is -2.35. The molecule has 7 heteroatoms. The smallest absolute Gasteiger partial charge is 0.475 e. The van der Waals surface area contributed by atoms with Crippen LogP contribution in [0.2, 0.25) is 0 Å². The Hall–Kier alpha value is -1.17. The van der Waals surface area contributed by atoms with Gasteiger partial charge in [-0.1, -0.05) is 38.0 Å². The molecule has 1 aliphatic rings. The lowest BCUT2D eigenvalue weighted by molar-refractivity contribution is -0.0206. The molecule has 1 unspecified atom stereocenters. The maximum Gasteiger partial charge on any atom is 0.475 e. The maximum absolute atomic E-state index is 12.5. The van der Waals surface area contributed by atoms with E-state index in [0.717, 1.165) is 37.0 Å². The summed E-state index contributed by atoms with van der Waals surface area (Å²) in [6.45, 7) is 7.12. The Morgan fingerprint density at radius 1 is 1.21 bits per heavy atom. The van der Waals surface area contributed by atoms with E-state index in [1.807, 2.05) is 37.3 Å². The minimum atomic E-state index is -3.46. The summed E-state index contributed by atoms with van der Waals surface area (Å²) in [5, 5.41) is 0. The first kappa shape index (κ1) is 23.1. The molecule has 1 heterocycles. The predicted molar refractivity (Wildman–Crippen MR) is 109 cm³/mol. The molecule has 2 rings (SSSR count). The molecular formula is C21H33O6P. The highest BCUT2D eigenvalue weighted by molar-refractivity contribution is 7.48. The van der Waals surface area contributed by atoms with Crippen molar-refractivity contribution in [1.82, 2.24) is 0 Å². The van der Waals surface area contributed by atoms with E-state index < -0.39 is 7.82 Å². The number of rotatable bonds is 12. The molecule has 0 saturated carbocycles. The van der Waals surface area contributed by atoms with E-state index in [1.54, 1.807) is 7.11 Å². The minimum Gasteiger partial charge on any atom is -0.497 e. The standard InChI is InChI=1S/C21H33O6P/c1-5-17(2)21-15-20(26-28(22,24-4)27-21)9-7-6-8-14-25-16-18-10-12-19(23-3)13-11-18/h5,10-13,17,20-21H,1,6-9,14-16H2,2-4H3/t17-,20-,21+,28?/m1/s1. The fourth-order valence-corrected chi connectivity index (χ4v) is 4.49. The largest absolute Gasteiger partial charge is 0.497 e. The average molecular weight is 412 g/mol. The lowest BCUT2D eigenvalue weighted by Crippen LogP contribution is -2.32. The van der Waals surface area contributed by atoms with Crippen LogP contribution in [0.15, 0.2) is 36.9 Å². The van der Waals surface area contributed by atoms with Crippen molar-refractivity contribution in [2.24, 2.45) is 5.92 Å². The van der Waals surface area contributed by atoms with Gasteiger partial charge < -0.3 is 9.47 Å². The second-order valence-electron chi connectivity index (χ2n) is 7.08. The molecule has 0 bridgehead atoms. The topological polar surface area (TPSA) is 63.2 Å². The molecular weight excluding hydrogens is 379 g/mol. The van der Waals surface area contributed by atoms with Crippen molar-refractivity contribution < 1.29 is 27.6 Å². The van der Waals surface area contributed by atoms with Crippen molar-refractivity contribution in [2.45, 2.75) is 57.8 Å². The summed E-state index contributed by atoms with van der Waals surface area (Å²) in [6.07, 6.45) is 6.03. The molecule has 0 amide bonds. The summed E-state index contributed by atoms with van der Waals surface area (Å²) in [5.41, 5.74) is 1.13. The van der Waals surface area contributed by atoms with E-state index in [4.69, 9.17) is 23.0 Å². The second-order valence-corrected chi connectivity index (χ2v) is 8.76. The van der Waals surface area contributed by atoms with Gasteiger partial charge in [0.15, 0.2) is 0 Å². The molecule has 1 aromatic carbocycles. The van der Waals surface area contributed by atoms with Gasteiger partial charge in [-0.05, 0) is 30.5 Å². The van der Waals surface area contributed by atoms with Crippen LogP contribution >= 0.6 is 7.82 Å². The molecule has 1 aliphatic heterocycles. The Balaban J connectivity index is 1.63. The first-order valence-corrected chi connectivity index (χ1v) is 11.3. The predicted octanol–water partition coefficient (Wildman–Crippen LogP) is 5.52. The molecule has 158 valence electrons. The van der Waals surface area contributed by atoms with E-state index >= 15 is 0 Å². The number of benzene rings is 1. The number of phosphoric ester groups is 1. The first-order valence-electron chi connectivity index (χ1n) is 9.85. The van der Waals surface area contributed by atoms with Crippen LogP contribution in [0, 0.1) is 5.92 Å². The molecule has 0 aromatic heterocycles. The van der Waals surface area contributed by atoms with Crippen LogP contribution in [0.25, 0.3) is 0 Å². The molecule has 0 spiro atoms. The van der Waals surface area contributed by atoms with Crippen molar-refractivity contribution in [3.63, 3.8) is 0 Å². The summed E-state index contributed by atoms with van der Waals surface area (Å²) < 4.78 is 39.5. The van der Waals surface area contributed by atoms with Gasteiger partial charge in [0.1, 0.15) is 5.75 Å². The highest BCUT2D eigenvalue weighted by atomic mass is 31.2. The van der Waals surface area contributed by atoms with Crippen molar-refractivity contribution in [2.75, 3.05) is 20.8 Å². The Morgan fingerprint density at radius 3 is 2.61 bits per heavy atom. The van der Waals surface area contributed by atoms with Crippen LogP contribution in [0.3, 0.4) is 0 Å². The number of ether oxygens (including phenoxy) is 2. The Labute approximate surface area is 168 Å². The third kappa shape index (κ3) is 7.34. The summed E-state index contributed by atoms with van der Waals surface area (Å²) in [4.78, 5) is 0. The van der Waals surface area contributed by atoms with Gasteiger partial charge in [0.25, 0.3) is 0 Å². The number of methoxy groups -OCH3 is 1. The fraction of sp³-hybridized carbons (Fsp3) is 0.619. The van der Waals surface area contributed by atoms with Crippen LogP contribution in [0.4, 0.5) is 0 Å². The highest BCUT2D eigenvalue weighted by Crippen LogP contribution is 2.56. The van der Waals surface area contributed by atoms with Crippen LogP contribution in [0.1, 0.15) is 44.6 Å². The Morgan fingerprint density at radius 2 is 1.96 bits per heavy atom. The monoisotopic (exact) mass is 412 g/mol. The van der Waals surface area contributed by atoms with E-state index in [9.17, 15) is 4.57 Å². The van der Waals surface area contributed by atoms with Crippen molar-refractivity contribution in [1.29, 1.82) is 0 Å². The van der Waals surface area contributed by atoms with Gasteiger partial charge >= 0.3 is 7.82 Å². The molecule has 1 fully saturated rings. The number of hydrogen-bond acceptors (Lipinski definition) is 6. The van der Waals surface area contributed by atoms with E-state index in [1.165, 1.54) is 7.11 Å². The van der Waals surface area contributed by atoms with Gasteiger partial charge in [0, 0.05) is 26.1 Å². The lowest BCUT2D eigenvalue weighted by atomic mass is 9.97. The normalized spacial score (nSPS) is 26.0. The molecule has 4 atom stereocenters. The van der Waals surface area contributed by atoms with Gasteiger partial charge in [-0.25, -0.2) is 4.57 Å². The van der Waals surface area contributed by atoms with E-state index in [2.05, 4.69) is 6.58 Å². The number of phosphoric acid groups is 1. The third-order valence-electron chi connectivity index (χ3n) is 4.96. The van der Waals surface area contributed by atoms with Crippen molar-refractivity contribution in [3.8, 4) is 5.75 Å². The minimum absolute atomic E-state index is 0.0984. The van der Waals surface area contributed by atoms with Crippen LogP contribution in [0.5, 0.6) is 5.75 Å². The number of hydrogen-bond donors (Lipinski definition) is 0. The number of unbranched alkanes of at least 4 members (excludes halogenated alkanes) is 2. The highest BCUT2D eigenvalue weighted by Gasteiger charge is 2.40. The molecule has 1 aromatic rings. The first-order chi connectivity index (χ1) is 13.5. The average Bonchev–Trinajstić information content (AvgIpc) is 2.72. The van der Waals surface area contributed by atoms with Crippen LogP contribution in [-0.4, -0.2) is 33.0 Å². The van der Waals surface area contributed by atoms with Crippen LogP contribution in [-0.2, 0) is 29.5 Å². The van der Waals surface area contributed by atoms with E-state index in [0.29, 0.717) is 19.6 Å². The molecule has 0 N–H and O–H groups in total. The Kier molecular flexibility index (Phi) is 9.69. The molecule has 1 saturated heterocycles. The quantitative estimate of drug-likeness (QED) is 0.256. The van der Waals surface area contributed by atoms with Crippen molar-refractivity contribution >= 4 is 7.82 Å². The fourth-order valence-electron chi connectivity index (χ4n) is 3.10.